The predicted molar refractivity (Wildman–Crippen MR) is 125 cm³/mol. The Morgan fingerprint density at radius 3 is 2.58 bits per heavy atom. The first kappa shape index (κ1) is 24.4. The molecule has 33 heavy (non-hydrogen) atoms. The van der Waals surface area contributed by atoms with Crippen LogP contribution in [0.3, 0.4) is 0 Å². The van der Waals surface area contributed by atoms with E-state index in [1.54, 1.807) is 40.9 Å². The molecule has 0 saturated heterocycles. The molecule has 8 heteroatoms. The molecular formula is C25H32N2O6. The lowest BCUT2D eigenvalue weighted by Crippen LogP contribution is -2.45. The van der Waals surface area contributed by atoms with Gasteiger partial charge < -0.3 is 19.5 Å². The highest BCUT2D eigenvalue weighted by Gasteiger charge is 2.54. The summed E-state index contributed by atoms with van der Waals surface area (Å²) in [5.74, 6) is -0.811. The van der Waals surface area contributed by atoms with Crippen molar-refractivity contribution in [3.05, 3.63) is 47.2 Å². The summed E-state index contributed by atoms with van der Waals surface area (Å²) < 4.78 is 16.0. The van der Waals surface area contributed by atoms with E-state index in [0.717, 1.165) is 16.7 Å². The van der Waals surface area contributed by atoms with Crippen molar-refractivity contribution in [2.75, 3.05) is 32.2 Å². The minimum absolute atomic E-state index is 0.127. The summed E-state index contributed by atoms with van der Waals surface area (Å²) in [7, 11) is 3.07. The molecule has 1 heterocycles. The maximum Gasteiger partial charge on any atom is 0.414 e. The van der Waals surface area contributed by atoms with Crippen molar-refractivity contribution in [2.24, 2.45) is 0 Å². The van der Waals surface area contributed by atoms with Gasteiger partial charge in [0.1, 0.15) is 11.0 Å². The summed E-state index contributed by atoms with van der Waals surface area (Å²) in [4.78, 5) is 40.1. The number of anilines is 1. The lowest BCUT2D eigenvalue weighted by Gasteiger charge is -2.32. The summed E-state index contributed by atoms with van der Waals surface area (Å²) in [6.07, 6.45) is 3.72. The average Bonchev–Trinajstić information content (AvgIpc) is 3.11. The van der Waals surface area contributed by atoms with E-state index >= 15 is 0 Å². The van der Waals surface area contributed by atoms with Crippen LogP contribution in [-0.4, -0.2) is 50.9 Å². The molecule has 178 valence electrons. The quantitative estimate of drug-likeness (QED) is 0.396. The van der Waals surface area contributed by atoms with Crippen molar-refractivity contribution in [1.29, 1.82) is 0 Å². The van der Waals surface area contributed by atoms with Gasteiger partial charge in [0, 0.05) is 31.8 Å². The summed E-state index contributed by atoms with van der Waals surface area (Å²) in [5, 5.41) is 2.90. The van der Waals surface area contributed by atoms with Gasteiger partial charge in [-0.05, 0) is 51.3 Å². The zero-order valence-corrected chi connectivity index (χ0v) is 20.1. The molecule has 1 amide bonds. The second kappa shape index (κ2) is 9.29. The molecule has 1 aliphatic heterocycles. The molecule has 1 atom stereocenters. The smallest absolute Gasteiger partial charge is 0.414 e. The fourth-order valence-corrected chi connectivity index (χ4v) is 4.42. The number of hydrogen-bond donors (Lipinski definition) is 1. The molecule has 1 N–H and O–H groups in total. The van der Waals surface area contributed by atoms with Gasteiger partial charge in [-0.1, -0.05) is 18.2 Å². The largest absolute Gasteiger partial charge is 0.468 e. The first-order chi connectivity index (χ1) is 15.6. The lowest BCUT2D eigenvalue weighted by molar-refractivity contribution is -0.147. The Balaban J connectivity index is 2.08. The number of amides is 1. The van der Waals surface area contributed by atoms with Gasteiger partial charge >= 0.3 is 18.0 Å². The third kappa shape index (κ3) is 4.60. The Labute approximate surface area is 194 Å². The second-order valence-electron chi connectivity index (χ2n) is 9.13. The second-order valence-corrected chi connectivity index (χ2v) is 9.13. The maximum absolute atomic E-state index is 13.1. The SMILES string of the molecule is CCOC(=O)/C(=C/NC)CC1=CC[C@@]2(C(=O)OC)CN(C(=O)OC(C)(C)C)c3cccc1c32. The maximum atomic E-state index is 13.1. The van der Waals surface area contributed by atoms with Crippen LogP contribution in [0.2, 0.25) is 0 Å². The topological polar surface area (TPSA) is 94.2 Å². The Morgan fingerprint density at radius 2 is 1.97 bits per heavy atom. The fraction of sp³-hybridized carbons (Fsp3) is 0.480. The molecule has 0 spiro atoms. The molecule has 0 radical (unpaired) electrons. The zero-order valence-electron chi connectivity index (χ0n) is 20.1. The third-order valence-corrected chi connectivity index (χ3v) is 5.71. The van der Waals surface area contributed by atoms with E-state index in [9.17, 15) is 14.4 Å². The van der Waals surface area contributed by atoms with Gasteiger partial charge in [0.15, 0.2) is 0 Å². The molecule has 0 aromatic heterocycles. The zero-order chi connectivity index (χ0) is 24.4. The molecule has 0 bridgehead atoms. The molecule has 3 rings (SSSR count). The van der Waals surface area contributed by atoms with Crippen LogP contribution in [0.25, 0.3) is 5.57 Å². The summed E-state index contributed by atoms with van der Waals surface area (Å²) >= 11 is 0. The lowest BCUT2D eigenvalue weighted by atomic mass is 9.71. The first-order valence-corrected chi connectivity index (χ1v) is 11.0. The molecule has 0 unspecified atom stereocenters. The van der Waals surface area contributed by atoms with Crippen LogP contribution in [-0.2, 0) is 29.2 Å². The van der Waals surface area contributed by atoms with E-state index in [2.05, 4.69) is 5.32 Å². The highest BCUT2D eigenvalue weighted by atomic mass is 16.6. The van der Waals surface area contributed by atoms with Gasteiger partial charge in [-0.25, -0.2) is 9.59 Å². The van der Waals surface area contributed by atoms with E-state index in [-0.39, 0.29) is 13.2 Å². The number of rotatable bonds is 6. The number of esters is 2. The van der Waals surface area contributed by atoms with Crippen molar-refractivity contribution in [2.45, 2.75) is 51.6 Å². The van der Waals surface area contributed by atoms with Crippen molar-refractivity contribution in [3.8, 4) is 0 Å². The van der Waals surface area contributed by atoms with Gasteiger partial charge in [0.25, 0.3) is 0 Å². The van der Waals surface area contributed by atoms with Crippen molar-refractivity contribution < 1.29 is 28.6 Å². The summed E-state index contributed by atoms with van der Waals surface area (Å²) in [6, 6.07) is 5.55. The highest BCUT2D eigenvalue weighted by molar-refractivity contribution is 6.02. The molecule has 1 aromatic carbocycles. The Kier molecular flexibility index (Phi) is 6.86. The molecular weight excluding hydrogens is 424 g/mol. The number of nitrogens with zero attached hydrogens (tertiary/aromatic N) is 1. The van der Waals surface area contributed by atoms with Gasteiger partial charge in [-0.2, -0.15) is 0 Å². The molecule has 0 fully saturated rings. The van der Waals surface area contributed by atoms with Gasteiger partial charge in [0.05, 0.1) is 25.0 Å². The summed E-state index contributed by atoms with van der Waals surface area (Å²) in [5.41, 5.74) is 1.80. The van der Waals surface area contributed by atoms with E-state index < -0.39 is 29.0 Å². The highest BCUT2D eigenvalue weighted by Crippen LogP contribution is 2.51. The van der Waals surface area contributed by atoms with Crippen LogP contribution in [0.5, 0.6) is 0 Å². The van der Waals surface area contributed by atoms with Crippen LogP contribution >= 0.6 is 0 Å². The van der Waals surface area contributed by atoms with E-state index in [4.69, 9.17) is 14.2 Å². The Morgan fingerprint density at radius 1 is 1.24 bits per heavy atom. The minimum atomic E-state index is -1.03. The number of carbonyl (C=O) groups is 3. The third-order valence-electron chi connectivity index (χ3n) is 5.71. The van der Waals surface area contributed by atoms with Crippen molar-refractivity contribution >= 4 is 29.3 Å². The number of ether oxygens (including phenoxy) is 3. The molecule has 8 nitrogen and oxygen atoms in total. The van der Waals surface area contributed by atoms with Crippen LogP contribution in [0.4, 0.5) is 10.5 Å². The van der Waals surface area contributed by atoms with Gasteiger partial charge in [0.2, 0.25) is 0 Å². The predicted octanol–water partition coefficient (Wildman–Crippen LogP) is 3.70. The van der Waals surface area contributed by atoms with Crippen LogP contribution in [0.15, 0.2) is 36.0 Å². The Hall–Kier alpha value is -3.29. The average molecular weight is 457 g/mol. The van der Waals surface area contributed by atoms with Crippen LogP contribution < -0.4 is 10.2 Å². The fourth-order valence-electron chi connectivity index (χ4n) is 4.42. The molecule has 1 aliphatic carbocycles. The molecule has 0 saturated carbocycles. The van der Waals surface area contributed by atoms with Crippen molar-refractivity contribution in [1.82, 2.24) is 5.32 Å². The molecule has 2 aliphatic rings. The monoisotopic (exact) mass is 456 g/mol. The number of carbonyl (C=O) groups excluding carboxylic acids is 3. The van der Waals surface area contributed by atoms with E-state index in [1.165, 1.54) is 12.0 Å². The first-order valence-electron chi connectivity index (χ1n) is 11.0. The van der Waals surface area contributed by atoms with E-state index in [1.807, 2.05) is 24.3 Å². The number of allylic oxidation sites excluding steroid dienone is 2. The van der Waals surface area contributed by atoms with Crippen LogP contribution in [0, 0.1) is 0 Å². The van der Waals surface area contributed by atoms with Gasteiger partial charge in [-0.15, -0.1) is 0 Å². The molecule has 1 aromatic rings. The minimum Gasteiger partial charge on any atom is -0.468 e. The van der Waals surface area contributed by atoms with Crippen LogP contribution in [0.1, 0.15) is 51.7 Å². The van der Waals surface area contributed by atoms with Gasteiger partial charge in [-0.3, -0.25) is 9.69 Å². The van der Waals surface area contributed by atoms with E-state index in [0.29, 0.717) is 24.1 Å². The summed E-state index contributed by atoms with van der Waals surface area (Å²) in [6.45, 7) is 7.56. The number of hydrogen-bond acceptors (Lipinski definition) is 7. The van der Waals surface area contributed by atoms with Crippen molar-refractivity contribution in [3.63, 3.8) is 0 Å². The number of methoxy groups -OCH3 is 1. The Bertz CT molecular complexity index is 1020. The standard InChI is InChI=1S/C25H32N2O6/c1-7-32-21(28)17(14-26-5)13-16-11-12-25(22(29)31-6)15-27(23(30)33-24(2,3)4)19-10-8-9-18(16)20(19)25/h8-11,14,26H,7,12-13,15H2,1-6H3/b17-14+/t25-/m1/s1. The number of benzene rings is 1. The number of nitrogens with one attached hydrogen (secondary N) is 1. The normalized spacial score (nSPS) is 19.4.